The summed E-state index contributed by atoms with van der Waals surface area (Å²) >= 11 is 0. The van der Waals surface area contributed by atoms with Crippen molar-refractivity contribution in [1.82, 2.24) is 0 Å². The van der Waals surface area contributed by atoms with E-state index < -0.39 is 90.3 Å². The van der Waals surface area contributed by atoms with Gasteiger partial charge < -0.3 is 28.4 Å². The summed E-state index contributed by atoms with van der Waals surface area (Å²) in [4.78, 5) is 50.8. The van der Waals surface area contributed by atoms with Crippen LogP contribution in [0.5, 0.6) is 0 Å². The smallest absolute Gasteiger partial charge is 0.449 e. The third kappa shape index (κ3) is 5.67. The zero-order chi connectivity index (χ0) is 38.7. The molecule has 0 radical (unpaired) electrons. The largest absolute Gasteiger partial charge is 0.457 e. The quantitative estimate of drug-likeness (QED) is 0.161. The molecule has 0 aromatic heterocycles. The number of fused-ring (bicyclic) bond motifs is 4. The molecule has 11 rings (SSSR count). The molecule has 4 bridgehead atoms. The average molecular weight is 781 g/mol. The summed E-state index contributed by atoms with van der Waals surface area (Å²) in [5, 5.41) is 0. The molecular weight excluding hydrogens is 736 g/mol. The fourth-order valence-electron chi connectivity index (χ4n) is 10.8. The normalized spacial score (nSPS) is 43.0. The van der Waals surface area contributed by atoms with Crippen LogP contribution in [0.3, 0.4) is 0 Å². The minimum Gasteiger partial charge on any atom is -0.457 e. The van der Waals surface area contributed by atoms with E-state index in [1.54, 1.807) is 13.8 Å². The van der Waals surface area contributed by atoms with Crippen molar-refractivity contribution >= 4 is 11.9 Å². The van der Waals surface area contributed by atoms with Gasteiger partial charge in [-0.3, -0.25) is 0 Å². The summed E-state index contributed by atoms with van der Waals surface area (Å²) in [6, 6.07) is 4.65. The van der Waals surface area contributed by atoms with Crippen LogP contribution in [0.15, 0.2) is 47.2 Å². The van der Waals surface area contributed by atoms with Gasteiger partial charge in [-0.2, -0.15) is 17.6 Å². The van der Waals surface area contributed by atoms with E-state index in [-0.39, 0.29) is 52.4 Å². The molecule has 300 valence electrons. The van der Waals surface area contributed by atoms with Gasteiger partial charge in [-0.25, -0.2) is 29.1 Å². The molecule has 1 aromatic carbocycles. The average Bonchev–Trinajstić information content (AvgIpc) is 3.52. The van der Waals surface area contributed by atoms with Crippen LogP contribution in [0.1, 0.15) is 99.8 Å². The summed E-state index contributed by atoms with van der Waals surface area (Å²) in [5.41, 5.74) is -3.27. The molecule has 0 N–H and O–H groups in total. The molecule has 2 spiro atoms. The molecule has 8 fully saturated rings. The number of alkyl halides is 3. The van der Waals surface area contributed by atoms with Crippen molar-refractivity contribution in [2.45, 2.75) is 121 Å². The summed E-state index contributed by atoms with van der Waals surface area (Å²) in [7, 11) is 0. The van der Waals surface area contributed by atoms with E-state index in [0.29, 0.717) is 38.5 Å². The number of rotatable bonds is 6. The van der Waals surface area contributed by atoms with E-state index in [0.717, 1.165) is 6.42 Å². The van der Waals surface area contributed by atoms with Crippen LogP contribution in [0.2, 0.25) is 0 Å². The third-order valence-corrected chi connectivity index (χ3v) is 13.6. The van der Waals surface area contributed by atoms with Gasteiger partial charge in [-0.1, -0.05) is 26.0 Å². The standard InChI is InChI=1S/C39H44F4O12/c1-19-9-11-27-23(29(39(41,42)43)48-33-37(27)25(19)13-15-35(3,50-33)52-54-37)17-46-31(44)21-7-5-6-8-22(21)32(45)47-18-24-28-12-10-20(2)26-14-16-36(4)51-34(49-30(24)40)38(26,28)55-53-36/h5-8,19-20,25-28,33-34H,9-18H2,1-4H3/t19-,20-,25?,26?,27+,28+,33-,34-,35?,36?,37-,38-/m1/s1. The monoisotopic (exact) mass is 780 g/mol. The predicted octanol–water partition coefficient (Wildman–Crippen LogP) is 7.49. The summed E-state index contributed by atoms with van der Waals surface area (Å²) in [5.74, 6) is -7.32. The molecule has 2 saturated carbocycles. The highest BCUT2D eigenvalue weighted by molar-refractivity contribution is 6.03. The SMILES string of the molecule is C[C@@H]1CC[C@H]2C(COC(=O)c3ccccc3C(=O)OCC3=C(C(F)(F)F)O[C@@H]4OC5(C)CCC6[C@H](C)CC[C@@H]3[C@]64OO5)=C(F)O[C@@H]3OC4(C)CCC1[C@]32OO4. The second-order valence-corrected chi connectivity index (χ2v) is 16.8. The Morgan fingerprint density at radius 2 is 1.18 bits per heavy atom. The maximum atomic E-state index is 15.7. The van der Waals surface area contributed by atoms with E-state index in [4.69, 9.17) is 48.0 Å². The van der Waals surface area contributed by atoms with Crippen molar-refractivity contribution in [3.05, 3.63) is 58.3 Å². The summed E-state index contributed by atoms with van der Waals surface area (Å²) < 4.78 is 94.4. The number of allylic oxidation sites excluding steroid dienone is 1. The first-order valence-electron chi connectivity index (χ1n) is 19.1. The van der Waals surface area contributed by atoms with Gasteiger partial charge in [0.05, 0.1) is 11.1 Å². The Morgan fingerprint density at radius 1 is 0.709 bits per heavy atom. The lowest BCUT2D eigenvalue weighted by Crippen LogP contribution is -2.67. The molecule has 8 heterocycles. The summed E-state index contributed by atoms with van der Waals surface area (Å²) in [6.07, 6.45) is -3.10. The maximum absolute atomic E-state index is 15.7. The lowest BCUT2D eigenvalue weighted by molar-refractivity contribution is -0.557. The molecule has 12 atom stereocenters. The van der Waals surface area contributed by atoms with Crippen LogP contribution in [0.4, 0.5) is 17.6 Å². The number of esters is 2. The molecule has 0 amide bonds. The number of halogens is 4. The van der Waals surface area contributed by atoms with Gasteiger partial charge in [0.15, 0.2) is 11.2 Å². The highest BCUT2D eigenvalue weighted by Gasteiger charge is 2.71. The highest BCUT2D eigenvalue weighted by Crippen LogP contribution is 2.62. The zero-order valence-electron chi connectivity index (χ0n) is 30.9. The van der Waals surface area contributed by atoms with Crippen LogP contribution in [0, 0.1) is 35.5 Å². The molecule has 10 aliphatic rings. The van der Waals surface area contributed by atoms with Gasteiger partial charge in [-0.05, 0) is 76.3 Å². The first-order valence-corrected chi connectivity index (χ1v) is 19.1. The Hall–Kier alpha value is -3.28. The first-order chi connectivity index (χ1) is 26.1. The van der Waals surface area contributed by atoms with E-state index in [9.17, 15) is 22.8 Å². The molecular formula is C39H44F4O12. The minimum atomic E-state index is -4.94. The molecule has 12 nitrogen and oxygen atoms in total. The van der Waals surface area contributed by atoms with E-state index in [1.807, 2.05) is 6.92 Å². The lowest BCUT2D eigenvalue weighted by atomic mass is 9.59. The molecule has 8 aliphatic heterocycles. The Bertz CT molecular complexity index is 1830. The number of benzene rings is 1. The molecule has 2 aliphatic carbocycles. The van der Waals surface area contributed by atoms with Crippen molar-refractivity contribution < 1.29 is 75.1 Å². The van der Waals surface area contributed by atoms with Crippen molar-refractivity contribution in [2.24, 2.45) is 35.5 Å². The molecule has 16 heteroatoms. The van der Waals surface area contributed by atoms with Crippen LogP contribution in [0.25, 0.3) is 0 Å². The van der Waals surface area contributed by atoms with Crippen LogP contribution < -0.4 is 0 Å². The number of hydrogen-bond acceptors (Lipinski definition) is 12. The lowest BCUT2D eigenvalue weighted by Gasteiger charge is -2.57. The predicted molar refractivity (Wildman–Crippen MR) is 176 cm³/mol. The fourth-order valence-corrected chi connectivity index (χ4v) is 10.8. The first kappa shape index (κ1) is 37.3. The minimum absolute atomic E-state index is 0.0672. The summed E-state index contributed by atoms with van der Waals surface area (Å²) in [6.45, 7) is 6.11. The fraction of sp³-hybridized carbons (Fsp3) is 0.692. The van der Waals surface area contributed by atoms with Gasteiger partial charge in [-0.15, -0.1) is 0 Å². The zero-order valence-corrected chi connectivity index (χ0v) is 30.9. The van der Waals surface area contributed by atoms with E-state index in [2.05, 4.69) is 6.92 Å². The van der Waals surface area contributed by atoms with Gasteiger partial charge in [0.1, 0.15) is 13.2 Å². The van der Waals surface area contributed by atoms with Crippen molar-refractivity contribution in [3.8, 4) is 0 Å². The van der Waals surface area contributed by atoms with Crippen LogP contribution in [-0.2, 0) is 48.0 Å². The second-order valence-electron chi connectivity index (χ2n) is 16.8. The van der Waals surface area contributed by atoms with E-state index >= 15 is 4.39 Å². The van der Waals surface area contributed by atoms with Gasteiger partial charge in [0, 0.05) is 47.7 Å². The van der Waals surface area contributed by atoms with Crippen molar-refractivity contribution in [2.75, 3.05) is 13.2 Å². The number of ether oxygens (including phenoxy) is 6. The van der Waals surface area contributed by atoms with E-state index in [1.165, 1.54) is 24.3 Å². The Labute approximate surface area is 314 Å². The van der Waals surface area contributed by atoms with Crippen LogP contribution >= 0.6 is 0 Å². The Morgan fingerprint density at radius 3 is 1.69 bits per heavy atom. The molecule has 4 unspecified atom stereocenters. The van der Waals surface area contributed by atoms with Gasteiger partial charge >= 0.3 is 18.1 Å². The number of carbonyl (C=O) groups excluding carboxylic acids is 2. The maximum Gasteiger partial charge on any atom is 0.449 e. The molecule has 55 heavy (non-hydrogen) atoms. The Balaban J connectivity index is 0.950. The number of hydrogen-bond donors (Lipinski definition) is 0. The molecule has 1 aromatic rings. The second kappa shape index (κ2) is 12.9. The topological polar surface area (TPSA) is 126 Å². The third-order valence-electron chi connectivity index (χ3n) is 13.6. The molecule has 6 saturated heterocycles. The highest BCUT2D eigenvalue weighted by atomic mass is 19.4. The van der Waals surface area contributed by atoms with Crippen LogP contribution in [-0.4, -0.2) is 66.7 Å². The van der Waals surface area contributed by atoms with Crippen molar-refractivity contribution in [1.29, 1.82) is 0 Å². The Kier molecular flexibility index (Phi) is 8.73. The van der Waals surface area contributed by atoms with Gasteiger partial charge in [0.2, 0.25) is 29.9 Å². The van der Waals surface area contributed by atoms with Crippen molar-refractivity contribution in [3.63, 3.8) is 0 Å². The number of carbonyl (C=O) groups is 2. The van der Waals surface area contributed by atoms with Gasteiger partial charge in [0.25, 0.3) is 6.01 Å².